The minimum atomic E-state index is 0.00735. The van der Waals surface area contributed by atoms with Gasteiger partial charge in [-0.1, -0.05) is 27.7 Å². The molecule has 8 heterocycles. The third-order valence-electron chi connectivity index (χ3n) is 12.9. The smallest absolute Gasteiger partial charge is 0.220 e. The molecule has 0 aromatic carbocycles. The normalized spacial score (nSPS) is 12.7. The number of imidazole rings is 2. The Morgan fingerprint density at radius 3 is 1.59 bits per heavy atom. The number of allylic oxidation sites excluding steroid dienone is 4. The topological polar surface area (TPSA) is 189 Å². The molecule has 0 aliphatic carbocycles. The monoisotopic (exact) mass is 860 g/mol. The van der Waals surface area contributed by atoms with E-state index in [2.05, 4.69) is 124 Å². The van der Waals surface area contributed by atoms with E-state index in [0.717, 1.165) is 121 Å². The van der Waals surface area contributed by atoms with Crippen LogP contribution in [0.15, 0.2) is 55.4 Å². The molecule has 64 heavy (non-hydrogen) atoms. The zero-order valence-corrected chi connectivity index (χ0v) is 38.3. The van der Waals surface area contributed by atoms with E-state index in [0.29, 0.717) is 51.6 Å². The molecule has 13 nitrogen and oxygen atoms in total. The van der Waals surface area contributed by atoms with Crippen molar-refractivity contribution in [1.82, 2.24) is 55.5 Å². The number of H-pyrrole nitrogens is 5. The molecule has 332 valence electrons. The first-order valence-electron chi connectivity index (χ1n) is 22.9. The minimum Gasteiger partial charge on any atom is -0.356 e. The standard InChI is InChI=1S/C51H61N11O2/c1-8-36-30(6)50-51-31(7)37(9-2)45(62-51)23-42-32(12-14-48(63)54-18-16-33-25-52-27-56-33)20-35(58-42)21-43-38(10-3)39(11-4)46(60-43)24-47-40(29(5)41(59-47)22-44(36)61-50)13-15-49(64)55-19-17-34-26-53-28-57-34/h20-28,58-60H,8-19H2,1-7H3,(H,52,56)(H,53,57)(H,54,63)(H,55,64). The van der Waals surface area contributed by atoms with Crippen LogP contribution < -0.4 is 10.6 Å². The fourth-order valence-electron chi connectivity index (χ4n) is 9.45. The van der Waals surface area contributed by atoms with Gasteiger partial charge in [-0.05, 0) is 140 Å². The van der Waals surface area contributed by atoms with Crippen LogP contribution in [0.4, 0.5) is 0 Å². The lowest BCUT2D eigenvalue weighted by Gasteiger charge is -2.05. The van der Waals surface area contributed by atoms with Gasteiger partial charge in [-0.25, -0.2) is 19.9 Å². The zero-order valence-electron chi connectivity index (χ0n) is 38.3. The van der Waals surface area contributed by atoms with E-state index in [1.165, 1.54) is 22.3 Å². The highest BCUT2D eigenvalue weighted by atomic mass is 16.2. The largest absolute Gasteiger partial charge is 0.356 e. The fraction of sp³-hybridized carbons (Fsp3) is 0.373. The third kappa shape index (κ3) is 9.15. The maximum Gasteiger partial charge on any atom is 0.220 e. The van der Waals surface area contributed by atoms with Gasteiger partial charge in [0.2, 0.25) is 11.8 Å². The number of amides is 2. The number of carbonyl (C=O) groups is 2. The minimum absolute atomic E-state index is 0.00735. The summed E-state index contributed by atoms with van der Waals surface area (Å²) in [4.78, 5) is 62.9. The van der Waals surface area contributed by atoms with Crippen LogP contribution in [0.3, 0.4) is 0 Å². The van der Waals surface area contributed by atoms with Crippen molar-refractivity contribution < 1.29 is 9.59 Å². The van der Waals surface area contributed by atoms with Crippen LogP contribution >= 0.6 is 0 Å². The molecule has 0 saturated carbocycles. The van der Waals surface area contributed by atoms with Crippen molar-refractivity contribution >= 4 is 67.2 Å². The highest BCUT2D eigenvalue weighted by Crippen LogP contribution is 2.40. The number of hydrogen-bond donors (Lipinski definition) is 7. The Bertz CT molecular complexity index is 2960. The van der Waals surface area contributed by atoms with Crippen molar-refractivity contribution in [3.63, 3.8) is 0 Å². The predicted octanol–water partition coefficient (Wildman–Crippen LogP) is 9.50. The molecule has 0 atom stereocenters. The van der Waals surface area contributed by atoms with Gasteiger partial charge in [-0.2, -0.15) is 0 Å². The molecule has 8 rings (SSSR count). The van der Waals surface area contributed by atoms with Crippen LogP contribution in [0.2, 0.25) is 0 Å². The number of fused-ring (bicyclic) bond motifs is 11. The first-order valence-corrected chi connectivity index (χ1v) is 22.9. The average Bonchev–Trinajstić information content (AvgIpc) is 4.16. The lowest BCUT2D eigenvalue weighted by Crippen LogP contribution is -2.26. The van der Waals surface area contributed by atoms with Gasteiger partial charge in [-0.15, -0.1) is 0 Å². The first kappa shape index (κ1) is 43.9. The van der Waals surface area contributed by atoms with Crippen LogP contribution in [0.25, 0.3) is 55.4 Å². The molecular formula is C51H61N11O2. The Hall–Kier alpha value is -6.76. The number of nitrogens with one attached hydrogen (secondary N) is 7. The van der Waals surface area contributed by atoms with Crippen LogP contribution in [-0.4, -0.2) is 69.8 Å². The number of nitrogens with zero attached hydrogens (tertiary/aromatic N) is 4. The van der Waals surface area contributed by atoms with E-state index in [1.54, 1.807) is 25.0 Å². The Labute approximate surface area is 374 Å². The van der Waals surface area contributed by atoms with Gasteiger partial charge in [0.25, 0.3) is 0 Å². The lowest BCUT2D eigenvalue weighted by atomic mass is 9.99. The van der Waals surface area contributed by atoms with Crippen molar-refractivity contribution in [3.05, 3.63) is 117 Å². The van der Waals surface area contributed by atoms with Crippen molar-refractivity contribution in [3.8, 4) is 0 Å². The summed E-state index contributed by atoms with van der Waals surface area (Å²) in [7, 11) is 0. The van der Waals surface area contributed by atoms with E-state index >= 15 is 0 Å². The quantitative estimate of drug-likeness (QED) is 0.0508. The van der Waals surface area contributed by atoms with E-state index in [-0.39, 0.29) is 11.8 Å². The summed E-state index contributed by atoms with van der Waals surface area (Å²) >= 11 is 0. The summed E-state index contributed by atoms with van der Waals surface area (Å²) in [6.07, 6.45) is 13.5. The molecule has 7 N–H and O–H groups in total. The molecule has 0 unspecified atom stereocenters. The Kier molecular flexibility index (Phi) is 13.2. The Morgan fingerprint density at radius 1 is 0.547 bits per heavy atom. The molecule has 6 aromatic rings. The van der Waals surface area contributed by atoms with Crippen molar-refractivity contribution in [2.75, 3.05) is 13.1 Å². The van der Waals surface area contributed by atoms with Gasteiger partial charge in [0, 0.05) is 95.7 Å². The first-order chi connectivity index (χ1) is 31.1. The molecule has 0 radical (unpaired) electrons. The summed E-state index contributed by atoms with van der Waals surface area (Å²) in [5.74, 6) is 0.0210. The molecule has 2 aliphatic rings. The van der Waals surface area contributed by atoms with Crippen LogP contribution in [0, 0.1) is 6.92 Å². The molecule has 0 fully saturated rings. The molecule has 13 heteroatoms. The average molecular weight is 860 g/mol. The SMILES string of the molecule is CCC1=C(C)c2nc1cc1[nH]c(cc1CCC(=O)NCCc1cnc[nH]1)cc1[nH]c(cc3[nH]c(cc4nc2C(C)=C4CC)c(C)c3CCC(=O)NCCc2cnc[nH]2)c(CC)c1CC. The van der Waals surface area contributed by atoms with E-state index in [4.69, 9.17) is 9.97 Å². The summed E-state index contributed by atoms with van der Waals surface area (Å²) in [5, 5.41) is 6.19. The molecule has 2 amide bonds. The molecule has 0 spiro atoms. The number of aryl methyl sites for hydroxylation is 5. The second-order valence-electron chi connectivity index (χ2n) is 16.9. The van der Waals surface area contributed by atoms with Crippen molar-refractivity contribution in [1.29, 1.82) is 0 Å². The van der Waals surface area contributed by atoms with Crippen molar-refractivity contribution in [2.24, 2.45) is 0 Å². The highest BCUT2D eigenvalue weighted by Gasteiger charge is 2.25. The molecular weight excluding hydrogens is 799 g/mol. The Balaban J connectivity index is 1.28. The lowest BCUT2D eigenvalue weighted by molar-refractivity contribution is -0.121. The van der Waals surface area contributed by atoms with Crippen LogP contribution in [-0.2, 0) is 48.1 Å². The fourth-order valence-corrected chi connectivity index (χ4v) is 9.45. The molecule has 2 aliphatic heterocycles. The second-order valence-corrected chi connectivity index (χ2v) is 16.9. The summed E-state index contributed by atoms with van der Waals surface area (Å²) in [6, 6.07) is 10.9. The van der Waals surface area contributed by atoms with Gasteiger partial charge < -0.3 is 35.6 Å². The maximum atomic E-state index is 13.3. The van der Waals surface area contributed by atoms with Crippen LogP contribution in [0.5, 0.6) is 0 Å². The molecule has 10 bridgehead atoms. The second kappa shape index (κ2) is 19.3. The van der Waals surface area contributed by atoms with Gasteiger partial charge >= 0.3 is 0 Å². The molecule has 6 aromatic heterocycles. The van der Waals surface area contributed by atoms with Gasteiger partial charge in [-0.3, -0.25) is 9.59 Å². The number of hydrogen-bond acceptors (Lipinski definition) is 6. The van der Waals surface area contributed by atoms with E-state index in [1.807, 2.05) is 0 Å². The zero-order chi connectivity index (χ0) is 44.9. The van der Waals surface area contributed by atoms with Gasteiger partial charge in [0.15, 0.2) is 0 Å². The van der Waals surface area contributed by atoms with Gasteiger partial charge in [0.05, 0.1) is 35.4 Å². The number of rotatable bonds is 16. The van der Waals surface area contributed by atoms with E-state index in [9.17, 15) is 9.59 Å². The summed E-state index contributed by atoms with van der Waals surface area (Å²) < 4.78 is 0. The van der Waals surface area contributed by atoms with Crippen molar-refractivity contribution in [2.45, 2.75) is 113 Å². The summed E-state index contributed by atoms with van der Waals surface area (Å²) in [6.45, 7) is 16.3. The summed E-state index contributed by atoms with van der Waals surface area (Å²) in [5.41, 5.74) is 22.0. The third-order valence-corrected chi connectivity index (χ3v) is 12.9. The number of aromatic amines is 5. The highest BCUT2D eigenvalue weighted by molar-refractivity contribution is 5.99. The maximum absolute atomic E-state index is 13.3. The van der Waals surface area contributed by atoms with Gasteiger partial charge in [0.1, 0.15) is 0 Å². The van der Waals surface area contributed by atoms with Crippen LogP contribution in [0.1, 0.15) is 129 Å². The predicted molar refractivity (Wildman–Crippen MR) is 258 cm³/mol. The number of aromatic nitrogens is 9. The number of carbonyl (C=O) groups excluding carboxylic acids is 2. The van der Waals surface area contributed by atoms with E-state index < -0.39 is 0 Å². The Morgan fingerprint density at radius 2 is 1.06 bits per heavy atom. The molecule has 0 saturated heterocycles.